The summed E-state index contributed by atoms with van der Waals surface area (Å²) < 4.78 is 12.4. The normalized spacial score (nSPS) is 11.5. The van der Waals surface area contributed by atoms with E-state index in [1.807, 2.05) is 71.7 Å². The maximum atomic E-state index is 11.5. The van der Waals surface area contributed by atoms with Crippen molar-refractivity contribution in [3.05, 3.63) is 95.8 Å². The van der Waals surface area contributed by atoms with Crippen molar-refractivity contribution in [1.82, 2.24) is 9.78 Å². The number of anilines is 2. The molecule has 3 aromatic carbocycles. The number of carbonyl (C=O) groups is 1. The van der Waals surface area contributed by atoms with Crippen LogP contribution in [0.4, 0.5) is 11.4 Å². The summed E-state index contributed by atoms with van der Waals surface area (Å²) in [6.07, 6.45) is 3.75. The van der Waals surface area contributed by atoms with Gasteiger partial charge in [0, 0.05) is 41.7 Å². The summed E-state index contributed by atoms with van der Waals surface area (Å²) in [5.74, 6) is -0.374. The van der Waals surface area contributed by atoms with E-state index < -0.39 is 5.97 Å². The maximum absolute atomic E-state index is 11.5. The summed E-state index contributed by atoms with van der Waals surface area (Å²) >= 11 is 0. The third-order valence-electron chi connectivity index (χ3n) is 6.04. The molecule has 0 aliphatic rings. The van der Waals surface area contributed by atoms with Crippen LogP contribution >= 0.6 is 0 Å². The Morgan fingerprint density at radius 2 is 1.86 bits per heavy atom. The molecule has 1 atom stereocenters. The monoisotopic (exact) mass is 496 g/mol. The zero-order valence-corrected chi connectivity index (χ0v) is 20.7. The average molecular weight is 497 g/mol. The Morgan fingerprint density at radius 3 is 2.51 bits per heavy atom. The van der Waals surface area contributed by atoms with Gasteiger partial charge in [0.05, 0.1) is 44.5 Å². The van der Waals surface area contributed by atoms with Crippen LogP contribution < -0.4 is 10.1 Å². The van der Waals surface area contributed by atoms with Gasteiger partial charge in [-0.15, -0.1) is 0 Å². The fourth-order valence-electron chi connectivity index (χ4n) is 4.15. The molecule has 0 aliphatic heterocycles. The Morgan fingerprint density at radius 1 is 1.11 bits per heavy atom. The van der Waals surface area contributed by atoms with Gasteiger partial charge in [0.2, 0.25) is 0 Å². The van der Waals surface area contributed by atoms with Crippen LogP contribution in [-0.2, 0) is 16.1 Å². The van der Waals surface area contributed by atoms with Crippen molar-refractivity contribution in [3.8, 4) is 22.9 Å². The van der Waals surface area contributed by atoms with Crippen molar-refractivity contribution < 1.29 is 19.4 Å². The van der Waals surface area contributed by atoms with Crippen LogP contribution in [-0.4, -0.2) is 41.7 Å². The number of nitrogens with zero attached hydrogens (tertiary/aromatic N) is 3. The average Bonchev–Trinajstić information content (AvgIpc) is 3.37. The van der Waals surface area contributed by atoms with Gasteiger partial charge in [0.15, 0.2) is 0 Å². The van der Waals surface area contributed by atoms with Crippen LogP contribution in [0.15, 0.2) is 79.1 Å². The van der Waals surface area contributed by atoms with E-state index in [1.165, 1.54) is 0 Å². The van der Waals surface area contributed by atoms with E-state index >= 15 is 0 Å². The number of nitriles is 1. The zero-order valence-electron chi connectivity index (χ0n) is 20.7. The van der Waals surface area contributed by atoms with Gasteiger partial charge in [0.25, 0.3) is 0 Å². The highest BCUT2D eigenvalue weighted by atomic mass is 16.5. The molecule has 37 heavy (non-hydrogen) atoms. The number of methoxy groups -OCH3 is 2. The second-order valence-corrected chi connectivity index (χ2v) is 8.64. The molecule has 4 rings (SSSR count). The number of hydrogen-bond donors (Lipinski definition) is 2. The topological polar surface area (TPSA) is 109 Å². The smallest absolute Gasteiger partial charge is 0.304 e. The van der Waals surface area contributed by atoms with E-state index in [2.05, 4.69) is 16.5 Å². The van der Waals surface area contributed by atoms with E-state index in [9.17, 15) is 9.90 Å². The van der Waals surface area contributed by atoms with Gasteiger partial charge in [-0.3, -0.25) is 9.48 Å². The van der Waals surface area contributed by atoms with Gasteiger partial charge >= 0.3 is 5.97 Å². The largest absolute Gasteiger partial charge is 0.497 e. The number of benzene rings is 3. The molecular formula is C29H28N4O4. The highest BCUT2D eigenvalue weighted by Crippen LogP contribution is 2.34. The first-order valence-electron chi connectivity index (χ1n) is 11.8. The van der Waals surface area contributed by atoms with Crippen molar-refractivity contribution in [3.63, 3.8) is 0 Å². The number of aromatic nitrogens is 2. The number of hydrogen-bond acceptors (Lipinski definition) is 6. The molecule has 1 unspecified atom stereocenters. The van der Waals surface area contributed by atoms with Gasteiger partial charge in [-0.1, -0.05) is 24.3 Å². The minimum Gasteiger partial charge on any atom is -0.497 e. The zero-order chi connectivity index (χ0) is 26.2. The van der Waals surface area contributed by atoms with E-state index in [0.29, 0.717) is 18.7 Å². The van der Waals surface area contributed by atoms with Crippen molar-refractivity contribution in [1.29, 1.82) is 5.26 Å². The lowest BCUT2D eigenvalue weighted by molar-refractivity contribution is -0.137. The third-order valence-corrected chi connectivity index (χ3v) is 6.04. The Hall–Kier alpha value is -4.61. The predicted octanol–water partition coefficient (Wildman–Crippen LogP) is 5.43. The van der Waals surface area contributed by atoms with Gasteiger partial charge in [-0.25, -0.2) is 0 Å². The molecule has 2 N–H and O–H groups in total. The molecule has 0 bridgehead atoms. The Bertz CT molecular complexity index is 1390. The fraction of sp³-hybridized carbons (Fsp3) is 0.207. The molecule has 188 valence electrons. The van der Waals surface area contributed by atoms with Crippen LogP contribution in [0.5, 0.6) is 5.75 Å². The molecule has 0 aliphatic carbocycles. The Labute approximate surface area is 215 Å². The first-order valence-corrected chi connectivity index (χ1v) is 11.8. The van der Waals surface area contributed by atoms with Gasteiger partial charge in [-0.2, -0.15) is 10.4 Å². The predicted molar refractivity (Wildman–Crippen MR) is 141 cm³/mol. The SMILES string of the molecule is COCC(CC(=O)O)c1ccc(-c2cnn(Cc3ccc(OC)cc3)c2)c(Nc2ccc(C#N)cc2)c1. The van der Waals surface area contributed by atoms with E-state index in [0.717, 1.165) is 39.4 Å². The number of nitrogens with one attached hydrogen (secondary N) is 1. The van der Waals surface area contributed by atoms with Crippen molar-refractivity contribution in [2.45, 2.75) is 18.9 Å². The van der Waals surface area contributed by atoms with E-state index in [-0.39, 0.29) is 12.3 Å². The molecule has 1 heterocycles. The molecule has 0 saturated heterocycles. The summed E-state index contributed by atoms with van der Waals surface area (Å²) in [5, 5.41) is 26.5. The lowest BCUT2D eigenvalue weighted by Crippen LogP contribution is -2.12. The maximum Gasteiger partial charge on any atom is 0.304 e. The molecule has 1 aromatic heterocycles. The second-order valence-electron chi connectivity index (χ2n) is 8.64. The fourth-order valence-corrected chi connectivity index (χ4v) is 4.15. The number of rotatable bonds is 11. The third kappa shape index (κ3) is 6.54. The molecule has 0 fully saturated rings. The van der Waals surface area contributed by atoms with Crippen LogP contribution in [0.2, 0.25) is 0 Å². The highest BCUT2D eigenvalue weighted by Gasteiger charge is 2.18. The number of ether oxygens (including phenoxy) is 2. The Kier molecular flexibility index (Phi) is 8.18. The first kappa shape index (κ1) is 25.5. The first-order chi connectivity index (χ1) is 18.0. The number of carboxylic acids is 1. The molecule has 0 saturated carbocycles. The lowest BCUT2D eigenvalue weighted by Gasteiger charge is -2.18. The van der Waals surface area contributed by atoms with Crippen molar-refractivity contribution in [2.75, 3.05) is 26.1 Å². The standard InChI is InChI=1S/C29H28N4O4/c1-36-19-23(14-29(34)35)22-7-12-27(28(13-22)32-25-8-3-20(15-30)4-9-25)24-16-31-33(18-24)17-21-5-10-26(37-2)11-6-21/h3-13,16,18,23,32H,14,17,19H2,1-2H3,(H,34,35). The summed E-state index contributed by atoms with van der Waals surface area (Å²) in [5.41, 5.74) is 5.97. The highest BCUT2D eigenvalue weighted by molar-refractivity contribution is 5.81. The minimum atomic E-state index is -0.882. The number of aliphatic carboxylic acids is 1. The van der Waals surface area contributed by atoms with E-state index in [4.69, 9.17) is 14.7 Å². The lowest BCUT2D eigenvalue weighted by atomic mass is 9.93. The van der Waals surface area contributed by atoms with E-state index in [1.54, 1.807) is 26.4 Å². The molecule has 0 spiro atoms. The molecule has 8 heteroatoms. The summed E-state index contributed by atoms with van der Waals surface area (Å²) in [6, 6.07) is 23.0. The van der Waals surface area contributed by atoms with Crippen LogP contribution in [0, 0.1) is 11.3 Å². The summed E-state index contributed by atoms with van der Waals surface area (Å²) in [4.78, 5) is 11.5. The van der Waals surface area contributed by atoms with Gasteiger partial charge < -0.3 is 19.9 Å². The molecule has 4 aromatic rings. The molecular weight excluding hydrogens is 468 g/mol. The van der Waals surface area contributed by atoms with Crippen LogP contribution in [0.1, 0.15) is 29.0 Å². The van der Waals surface area contributed by atoms with Crippen LogP contribution in [0.25, 0.3) is 11.1 Å². The quantitative estimate of drug-likeness (QED) is 0.285. The molecule has 0 amide bonds. The number of carboxylic acid groups (broad SMARTS) is 1. The molecule has 0 radical (unpaired) electrons. The minimum absolute atomic E-state index is 0.0384. The summed E-state index contributed by atoms with van der Waals surface area (Å²) in [6.45, 7) is 0.900. The van der Waals surface area contributed by atoms with Crippen molar-refractivity contribution in [2.24, 2.45) is 0 Å². The second kappa shape index (κ2) is 11.9. The Balaban J connectivity index is 1.67. The van der Waals surface area contributed by atoms with Gasteiger partial charge in [-0.05, 0) is 53.6 Å². The van der Waals surface area contributed by atoms with Crippen molar-refractivity contribution >= 4 is 17.3 Å². The van der Waals surface area contributed by atoms with Gasteiger partial charge in [0.1, 0.15) is 5.75 Å². The summed E-state index contributed by atoms with van der Waals surface area (Å²) in [7, 11) is 3.21. The van der Waals surface area contributed by atoms with Crippen LogP contribution in [0.3, 0.4) is 0 Å². The molecule has 8 nitrogen and oxygen atoms in total.